The van der Waals surface area contributed by atoms with E-state index in [0.717, 1.165) is 6.42 Å². The van der Waals surface area contributed by atoms with E-state index >= 15 is 0 Å². The zero-order chi connectivity index (χ0) is 11.1. The van der Waals surface area contributed by atoms with E-state index in [1.807, 2.05) is 7.05 Å². The fourth-order valence-electron chi connectivity index (χ4n) is 2.70. The Balaban J connectivity index is 2.12. The maximum absolute atomic E-state index is 5.79. The lowest BCUT2D eigenvalue weighted by Gasteiger charge is -2.26. The first-order valence-electron chi connectivity index (χ1n) is 6.13. The molecule has 1 saturated carbocycles. The van der Waals surface area contributed by atoms with Crippen molar-refractivity contribution in [3.8, 4) is 0 Å². The van der Waals surface area contributed by atoms with Crippen LogP contribution in [0.5, 0.6) is 0 Å². The van der Waals surface area contributed by atoms with Crippen molar-refractivity contribution in [3.05, 3.63) is 17.0 Å². The molecular formula is C12H18N4. The van der Waals surface area contributed by atoms with E-state index in [2.05, 4.69) is 15.3 Å². The molecule has 1 aromatic heterocycles. The molecule has 0 amide bonds. The number of hydrogen-bond donors (Lipinski definition) is 2. The average Bonchev–Trinajstić information content (AvgIpc) is 3.10. The molecule has 2 aliphatic rings. The Bertz CT molecular complexity index is 412. The van der Waals surface area contributed by atoms with Crippen molar-refractivity contribution < 1.29 is 0 Å². The van der Waals surface area contributed by atoms with Gasteiger partial charge in [0.1, 0.15) is 0 Å². The summed E-state index contributed by atoms with van der Waals surface area (Å²) >= 11 is 0. The number of nitrogens with two attached hydrogens (primary N) is 1. The van der Waals surface area contributed by atoms with Crippen LogP contribution < -0.4 is 11.1 Å². The van der Waals surface area contributed by atoms with E-state index in [1.165, 1.54) is 42.6 Å². The zero-order valence-corrected chi connectivity index (χ0v) is 9.66. The van der Waals surface area contributed by atoms with Gasteiger partial charge in [0.05, 0.1) is 11.4 Å². The highest BCUT2D eigenvalue weighted by molar-refractivity contribution is 5.39. The first-order valence-corrected chi connectivity index (χ1v) is 6.13. The van der Waals surface area contributed by atoms with Gasteiger partial charge in [-0.2, -0.15) is 0 Å². The van der Waals surface area contributed by atoms with Gasteiger partial charge in [0.15, 0.2) is 0 Å². The van der Waals surface area contributed by atoms with Gasteiger partial charge >= 0.3 is 0 Å². The lowest BCUT2D eigenvalue weighted by atomic mass is 9.89. The molecule has 4 nitrogen and oxygen atoms in total. The number of fused-ring (bicyclic) bond motifs is 1. The summed E-state index contributed by atoms with van der Waals surface area (Å²) in [4.78, 5) is 8.88. The van der Waals surface area contributed by atoms with E-state index in [4.69, 9.17) is 5.73 Å². The van der Waals surface area contributed by atoms with Gasteiger partial charge < -0.3 is 11.1 Å². The van der Waals surface area contributed by atoms with Crippen LogP contribution >= 0.6 is 0 Å². The number of nitrogens with one attached hydrogen (secondary N) is 1. The molecular weight excluding hydrogens is 200 g/mol. The van der Waals surface area contributed by atoms with Gasteiger partial charge in [-0.3, -0.25) is 0 Å². The summed E-state index contributed by atoms with van der Waals surface area (Å²) in [5.74, 6) is 1.10. The third-order valence-corrected chi connectivity index (χ3v) is 3.64. The van der Waals surface area contributed by atoms with Crippen molar-refractivity contribution in [2.75, 3.05) is 12.8 Å². The Morgan fingerprint density at radius 2 is 2.06 bits per heavy atom. The van der Waals surface area contributed by atoms with Crippen molar-refractivity contribution in [1.82, 2.24) is 15.3 Å². The van der Waals surface area contributed by atoms with Crippen LogP contribution in [-0.4, -0.2) is 17.0 Å². The molecule has 3 N–H and O–H groups in total. The third kappa shape index (κ3) is 1.57. The number of anilines is 1. The normalized spacial score (nSPS) is 24.2. The van der Waals surface area contributed by atoms with Crippen LogP contribution in [-0.2, 0) is 6.42 Å². The second-order valence-corrected chi connectivity index (χ2v) is 4.84. The molecule has 3 rings (SSSR count). The number of aryl methyl sites for hydroxylation is 1. The fourth-order valence-corrected chi connectivity index (χ4v) is 2.70. The number of nitrogens with zero attached hydrogens (tertiary/aromatic N) is 2. The van der Waals surface area contributed by atoms with Crippen molar-refractivity contribution in [3.63, 3.8) is 0 Å². The molecule has 1 aromatic rings. The van der Waals surface area contributed by atoms with Crippen molar-refractivity contribution in [2.45, 2.75) is 44.1 Å². The Labute approximate surface area is 95.7 Å². The molecule has 1 fully saturated rings. The van der Waals surface area contributed by atoms with Gasteiger partial charge in [-0.1, -0.05) is 0 Å². The van der Waals surface area contributed by atoms with E-state index in [9.17, 15) is 0 Å². The lowest BCUT2D eigenvalue weighted by molar-refractivity contribution is 0.482. The quantitative estimate of drug-likeness (QED) is 0.790. The Hall–Kier alpha value is -1.16. The maximum atomic E-state index is 5.79. The smallest absolute Gasteiger partial charge is 0.220 e. The summed E-state index contributed by atoms with van der Waals surface area (Å²) in [6.45, 7) is 0. The second kappa shape index (κ2) is 3.70. The summed E-state index contributed by atoms with van der Waals surface area (Å²) in [5, 5.41) is 3.38. The van der Waals surface area contributed by atoms with Crippen LogP contribution in [0.25, 0.3) is 0 Å². The van der Waals surface area contributed by atoms with Gasteiger partial charge in [0.25, 0.3) is 0 Å². The highest BCUT2D eigenvalue weighted by atomic mass is 15.0. The van der Waals surface area contributed by atoms with Gasteiger partial charge in [-0.05, 0) is 39.2 Å². The highest BCUT2D eigenvalue weighted by Gasteiger charge is 2.33. The van der Waals surface area contributed by atoms with Crippen molar-refractivity contribution >= 4 is 5.95 Å². The number of nitrogen functional groups attached to an aromatic ring is 1. The highest BCUT2D eigenvalue weighted by Crippen LogP contribution is 2.44. The molecule has 0 aliphatic heterocycles. The van der Waals surface area contributed by atoms with E-state index in [1.54, 1.807) is 0 Å². The van der Waals surface area contributed by atoms with Gasteiger partial charge in [0, 0.05) is 17.5 Å². The Morgan fingerprint density at radius 1 is 1.25 bits per heavy atom. The second-order valence-electron chi connectivity index (χ2n) is 4.84. The summed E-state index contributed by atoms with van der Waals surface area (Å²) in [6, 6.07) is 0.431. The molecule has 2 aliphatic carbocycles. The summed E-state index contributed by atoms with van der Waals surface area (Å²) < 4.78 is 0. The average molecular weight is 218 g/mol. The maximum Gasteiger partial charge on any atom is 0.220 e. The lowest BCUT2D eigenvalue weighted by Crippen LogP contribution is -2.25. The van der Waals surface area contributed by atoms with Gasteiger partial charge in [-0.15, -0.1) is 0 Å². The van der Waals surface area contributed by atoms with Gasteiger partial charge in [-0.25, -0.2) is 9.97 Å². The molecule has 0 spiro atoms. The third-order valence-electron chi connectivity index (χ3n) is 3.64. The molecule has 0 radical (unpaired) electrons. The molecule has 1 heterocycles. The minimum atomic E-state index is 0.431. The molecule has 16 heavy (non-hydrogen) atoms. The summed E-state index contributed by atoms with van der Waals surface area (Å²) in [6.07, 6.45) is 5.97. The first kappa shape index (κ1) is 10.0. The van der Waals surface area contributed by atoms with Crippen LogP contribution in [0.2, 0.25) is 0 Å². The Morgan fingerprint density at radius 3 is 2.75 bits per heavy atom. The summed E-state index contributed by atoms with van der Waals surface area (Å²) in [7, 11) is 2.02. The van der Waals surface area contributed by atoms with E-state index in [-0.39, 0.29) is 0 Å². The molecule has 0 aromatic carbocycles. The molecule has 86 valence electrons. The predicted octanol–water partition coefficient (Wildman–Crippen LogP) is 1.53. The molecule has 4 heteroatoms. The number of hydrogen-bond acceptors (Lipinski definition) is 4. The predicted molar refractivity (Wildman–Crippen MR) is 63.2 cm³/mol. The van der Waals surface area contributed by atoms with Crippen LogP contribution in [0, 0.1) is 0 Å². The van der Waals surface area contributed by atoms with Crippen LogP contribution in [0.1, 0.15) is 54.6 Å². The topological polar surface area (TPSA) is 63.8 Å². The van der Waals surface area contributed by atoms with Gasteiger partial charge in [0.2, 0.25) is 5.95 Å². The molecule has 0 saturated heterocycles. The van der Waals surface area contributed by atoms with Crippen LogP contribution in [0.15, 0.2) is 0 Å². The van der Waals surface area contributed by atoms with Crippen LogP contribution in [0.3, 0.4) is 0 Å². The SMILES string of the molecule is CNC1CCCc2nc(N)nc(C3CC3)c21. The standard InChI is InChI=1S/C12H18N4/c1-14-8-3-2-4-9-10(8)11(7-5-6-7)16-12(13)15-9/h7-8,14H,2-6H2,1H3,(H2,13,15,16). The van der Waals surface area contributed by atoms with Crippen LogP contribution in [0.4, 0.5) is 5.95 Å². The summed E-state index contributed by atoms with van der Waals surface area (Å²) in [5.41, 5.74) is 9.55. The number of rotatable bonds is 2. The monoisotopic (exact) mass is 218 g/mol. The van der Waals surface area contributed by atoms with Crippen molar-refractivity contribution in [1.29, 1.82) is 0 Å². The van der Waals surface area contributed by atoms with Crippen molar-refractivity contribution in [2.24, 2.45) is 0 Å². The fraction of sp³-hybridized carbons (Fsp3) is 0.667. The van der Waals surface area contributed by atoms with E-state index in [0.29, 0.717) is 17.9 Å². The number of aromatic nitrogens is 2. The largest absolute Gasteiger partial charge is 0.368 e. The molecule has 0 bridgehead atoms. The minimum Gasteiger partial charge on any atom is -0.368 e. The molecule has 1 atom stereocenters. The Kier molecular flexibility index (Phi) is 2.32. The molecule has 1 unspecified atom stereocenters. The first-order chi connectivity index (χ1) is 7.79. The minimum absolute atomic E-state index is 0.431. The zero-order valence-electron chi connectivity index (χ0n) is 9.66. The van der Waals surface area contributed by atoms with E-state index < -0.39 is 0 Å².